The predicted molar refractivity (Wildman–Crippen MR) is 118 cm³/mol. The van der Waals surface area contributed by atoms with Crippen molar-refractivity contribution < 1.29 is 4.74 Å². The molecule has 0 atom stereocenters. The Hall–Kier alpha value is -2.48. The SMILES string of the molecule is CCNC(=NCc1csc(N(C)C)n1)N1CCN(c2ccccc2OC)CC1. The molecule has 28 heavy (non-hydrogen) atoms. The normalized spacial score (nSPS) is 14.9. The molecule has 0 saturated carbocycles. The number of hydrogen-bond donors (Lipinski definition) is 1. The minimum absolute atomic E-state index is 0.597. The van der Waals surface area contributed by atoms with Crippen LogP contribution in [0.4, 0.5) is 10.8 Å². The molecule has 0 spiro atoms. The van der Waals surface area contributed by atoms with Crippen LogP contribution >= 0.6 is 11.3 Å². The topological polar surface area (TPSA) is 56.2 Å². The molecule has 1 saturated heterocycles. The van der Waals surface area contributed by atoms with Crippen molar-refractivity contribution in [2.75, 3.05) is 63.7 Å². The molecule has 1 aromatic carbocycles. The second-order valence-electron chi connectivity index (χ2n) is 6.83. The molecular weight excluding hydrogens is 372 g/mol. The van der Waals surface area contributed by atoms with Crippen molar-refractivity contribution in [2.24, 2.45) is 4.99 Å². The maximum atomic E-state index is 5.52. The number of hydrogen-bond acceptors (Lipinski definition) is 6. The van der Waals surface area contributed by atoms with E-state index in [1.54, 1.807) is 18.4 Å². The Labute approximate surface area is 171 Å². The maximum Gasteiger partial charge on any atom is 0.194 e. The van der Waals surface area contributed by atoms with Gasteiger partial charge in [-0.2, -0.15) is 0 Å². The third-order valence-electron chi connectivity index (χ3n) is 4.65. The Morgan fingerprint density at radius 2 is 2.00 bits per heavy atom. The first-order valence-electron chi connectivity index (χ1n) is 9.65. The van der Waals surface area contributed by atoms with E-state index in [-0.39, 0.29) is 0 Å². The molecule has 0 aliphatic carbocycles. The molecule has 1 fully saturated rings. The fourth-order valence-corrected chi connectivity index (χ4v) is 3.96. The average Bonchev–Trinajstić information content (AvgIpc) is 3.21. The first kappa shape index (κ1) is 20.3. The number of anilines is 2. The largest absolute Gasteiger partial charge is 0.495 e. The van der Waals surface area contributed by atoms with Crippen LogP contribution in [0, 0.1) is 0 Å². The number of aliphatic imine (C=N–C) groups is 1. The van der Waals surface area contributed by atoms with E-state index in [9.17, 15) is 0 Å². The Morgan fingerprint density at radius 3 is 2.64 bits per heavy atom. The molecule has 1 aromatic heterocycles. The molecule has 0 bridgehead atoms. The van der Waals surface area contributed by atoms with Crippen LogP contribution in [-0.2, 0) is 6.54 Å². The van der Waals surface area contributed by atoms with Crippen molar-refractivity contribution in [3.05, 3.63) is 35.3 Å². The standard InChI is InChI=1S/C20H30N6OS/c1-5-21-19(22-14-16-15-28-20(23-16)24(2)3)26-12-10-25(11-13-26)17-8-6-7-9-18(17)27-4/h6-9,15H,5,10-14H2,1-4H3,(H,21,22). The van der Waals surface area contributed by atoms with Crippen LogP contribution in [0.5, 0.6) is 5.75 Å². The first-order valence-corrected chi connectivity index (χ1v) is 10.5. The van der Waals surface area contributed by atoms with Crippen LogP contribution in [-0.4, -0.2) is 69.8 Å². The number of rotatable bonds is 6. The van der Waals surface area contributed by atoms with Gasteiger partial charge in [-0.3, -0.25) is 0 Å². The molecular formula is C20H30N6OS. The summed E-state index contributed by atoms with van der Waals surface area (Å²) >= 11 is 1.65. The number of nitrogens with zero attached hydrogens (tertiary/aromatic N) is 5. The molecule has 0 radical (unpaired) electrons. The summed E-state index contributed by atoms with van der Waals surface area (Å²) in [6.07, 6.45) is 0. The molecule has 1 aliphatic rings. The Balaban J connectivity index is 1.63. The van der Waals surface area contributed by atoms with Gasteiger partial charge in [-0.15, -0.1) is 11.3 Å². The summed E-state index contributed by atoms with van der Waals surface area (Å²) in [5.74, 6) is 1.89. The van der Waals surface area contributed by atoms with Crippen LogP contribution in [0.25, 0.3) is 0 Å². The van der Waals surface area contributed by atoms with Crippen LogP contribution in [0.1, 0.15) is 12.6 Å². The molecule has 7 nitrogen and oxygen atoms in total. The molecule has 2 heterocycles. The van der Waals surface area contributed by atoms with Crippen molar-refractivity contribution in [3.63, 3.8) is 0 Å². The van der Waals surface area contributed by atoms with E-state index in [4.69, 9.17) is 9.73 Å². The van der Waals surface area contributed by atoms with E-state index in [1.165, 1.54) is 0 Å². The zero-order valence-corrected chi connectivity index (χ0v) is 18.0. The molecule has 152 valence electrons. The lowest BCUT2D eigenvalue weighted by atomic mass is 10.2. The van der Waals surface area contributed by atoms with Crippen molar-refractivity contribution in [3.8, 4) is 5.75 Å². The number of guanidine groups is 1. The fourth-order valence-electron chi connectivity index (χ4n) is 3.21. The third kappa shape index (κ3) is 4.86. The number of nitrogens with one attached hydrogen (secondary N) is 1. The summed E-state index contributed by atoms with van der Waals surface area (Å²) < 4.78 is 5.52. The van der Waals surface area contributed by atoms with Gasteiger partial charge in [-0.25, -0.2) is 9.98 Å². The predicted octanol–water partition coefficient (Wildman–Crippen LogP) is 2.51. The summed E-state index contributed by atoms with van der Waals surface area (Å²) in [4.78, 5) is 16.2. The van der Waals surface area contributed by atoms with Crippen molar-refractivity contribution in [1.29, 1.82) is 0 Å². The van der Waals surface area contributed by atoms with E-state index >= 15 is 0 Å². The van der Waals surface area contributed by atoms with Gasteiger partial charge in [0.25, 0.3) is 0 Å². The molecule has 3 rings (SSSR count). The lowest BCUT2D eigenvalue weighted by Crippen LogP contribution is -2.52. The van der Waals surface area contributed by atoms with Crippen molar-refractivity contribution in [1.82, 2.24) is 15.2 Å². The lowest BCUT2D eigenvalue weighted by molar-refractivity contribution is 0.367. The second kappa shape index (κ2) is 9.64. The van der Waals surface area contributed by atoms with Gasteiger partial charge in [0.15, 0.2) is 11.1 Å². The van der Waals surface area contributed by atoms with E-state index in [2.05, 4.69) is 44.5 Å². The van der Waals surface area contributed by atoms with Gasteiger partial charge in [0.1, 0.15) is 5.75 Å². The average molecular weight is 403 g/mol. The zero-order valence-electron chi connectivity index (χ0n) is 17.2. The van der Waals surface area contributed by atoms with Gasteiger partial charge in [-0.1, -0.05) is 12.1 Å². The molecule has 1 aliphatic heterocycles. The quantitative estimate of drug-likeness (QED) is 0.592. The first-order chi connectivity index (χ1) is 13.6. The number of thiazole rings is 1. The number of piperazine rings is 1. The summed E-state index contributed by atoms with van der Waals surface area (Å²) in [5, 5.41) is 6.53. The van der Waals surface area contributed by atoms with Gasteiger partial charge in [0.05, 0.1) is 25.0 Å². The van der Waals surface area contributed by atoms with E-state index in [1.807, 2.05) is 31.1 Å². The Bertz CT molecular complexity index is 783. The molecule has 1 N–H and O–H groups in total. The highest BCUT2D eigenvalue weighted by molar-refractivity contribution is 7.13. The van der Waals surface area contributed by atoms with E-state index < -0.39 is 0 Å². The summed E-state index contributed by atoms with van der Waals surface area (Å²) in [5.41, 5.74) is 2.17. The Morgan fingerprint density at radius 1 is 1.25 bits per heavy atom. The summed E-state index contributed by atoms with van der Waals surface area (Å²) in [6.45, 7) is 7.27. The maximum absolute atomic E-state index is 5.52. The van der Waals surface area contributed by atoms with Crippen molar-refractivity contribution in [2.45, 2.75) is 13.5 Å². The fraction of sp³-hybridized carbons (Fsp3) is 0.500. The minimum atomic E-state index is 0.597. The number of methoxy groups -OCH3 is 1. The van der Waals surface area contributed by atoms with E-state index in [0.717, 1.165) is 60.9 Å². The highest BCUT2D eigenvalue weighted by atomic mass is 32.1. The van der Waals surface area contributed by atoms with Crippen LogP contribution < -0.4 is 19.9 Å². The van der Waals surface area contributed by atoms with Crippen LogP contribution in [0.3, 0.4) is 0 Å². The minimum Gasteiger partial charge on any atom is -0.495 e. The monoisotopic (exact) mass is 402 g/mol. The van der Waals surface area contributed by atoms with Gasteiger partial charge >= 0.3 is 0 Å². The van der Waals surface area contributed by atoms with Crippen LogP contribution in [0.2, 0.25) is 0 Å². The molecule has 0 amide bonds. The van der Waals surface area contributed by atoms with Gasteiger partial charge < -0.3 is 24.8 Å². The second-order valence-corrected chi connectivity index (χ2v) is 7.67. The number of ether oxygens (including phenoxy) is 1. The van der Waals surface area contributed by atoms with Crippen molar-refractivity contribution >= 4 is 28.1 Å². The summed E-state index contributed by atoms with van der Waals surface area (Å²) in [7, 11) is 5.75. The van der Waals surface area contributed by atoms with Gasteiger partial charge in [0.2, 0.25) is 0 Å². The number of benzene rings is 1. The highest BCUT2D eigenvalue weighted by Gasteiger charge is 2.21. The third-order valence-corrected chi connectivity index (χ3v) is 5.71. The highest BCUT2D eigenvalue weighted by Crippen LogP contribution is 2.28. The smallest absolute Gasteiger partial charge is 0.194 e. The van der Waals surface area contributed by atoms with E-state index in [0.29, 0.717) is 6.54 Å². The molecule has 8 heteroatoms. The van der Waals surface area contributed by atoms with Crippen LogP contribution in [0.15, 0.2) is 34.6 Å². The number of aromatic nitrogens is 1. The molecule has 2 aromatic rings. The number of para-hydroxylation sites is 2. The van der Waals surface area contributed by atoms with Gasteiger partial charge in [-0.05, 0) is 19.1 Å². The van der Waals surface area contributed by atoms with Gasteiger partial charge in [0, 0.05) is 52.2 Å². The molecule has 0 unspecified atom stereocenters. The Kier molecular flexibility index (Phi) is 6.97. The summed E-state index contributed by atoms with van der Waals surface area (Å²) in [6, 6.07) is 8.21. The lowest BCUT2D eigenvalue weighted by Gasteiger charge is -2.38. The zero-order chi connectivity index (χ0) is 19.9.